The Morgan fingerprint density at radius 3 is 1.78 bits per heavy atom. The molecule has 0 bridgehead atoms. The zero-order valence-corrected chi connectivity index (χ0v) is 34.8. The normalized spacial score (nSPS) is 13.1. The summed E-state index contributed by atoms with van der Waals surface area (Å²) in [4.78, 5) is 15.2. The van der Waals surface area contributed by atoms with Crippen LogP contribution in [-0.2, 0) is 0 Å². The van der Waals surface area contributed by atoms with Gasteiger partial charge in [0.15, 0.2) is 17.5 Å². The van der Waals surface area contributed by atoms with Crippen molar-refractivity contribution in [1.29, 1.82) is 0 Å². The lowest BCUT2D eigenvalue weighted by molar-refractivity contribution is 0.669. The topological polar surface area (TPSA) is 51.8 Å². The molecule has 13 rings (SSSR count). The van der Waals surface area contributed by atoms with E-state index in [2.05, 4.69) is 36.4 Å². The van der Waals surface area contributed by atoms with Gasteiger partial charge < -0.3 is 4.42 Å². The van der Waals surface area contributed by atoms with E-state index in [0.717, 1.165) is 68.2 Å². The summed E-state index contributed by atoms with van der Waals surface area (Å²) in [6.07, 6.45) is 0. The summed E-state index contributed by atoms with van der Waals surface area (Å²) in [5.74, 6) is 0.664. The SMILES string of the molecule is [2H]c1c([2H])c(-c2cccc3sc4ccccc4c23)c2c(oc3c([2H])c(-c4nc(-c5ccc(-c6ccccc6)cc5)nc(-c5cccc6c5sc5c(-c7ccccc7)cccc56)n4)c([2H])c([2H])c32)c1[2H]. The molecule has 4 nitrogen and oxygen atoms in total. The third kappa shape index (κ3) is 5.91. The molecule has 0 unspecified atom stereocenters. The van der Waals surface area contributed by atoms with Crippen LogP contribution in [0.3, 0.4) is 0 Å². The van der Waals surface area contributed by atoms with E-state index in [9.17, 15) is 5.48 Å². The number of hydrogen-bond donors (Lipinski definition) is 0. The van der Waals surface area contributed by atoms with E-state index in [1.54, 1.807) is 22.7 Å². The molecule has 0 radical (unpaired) electrons. The standard InChI is InChI=1S/C57H33N3OS2/c1-3-13-34(14-4-1)35-27-29-37(30-28-35)55-58-56(60-57(59-55)46-23-10-22-43-42-21-9-18-39(53(42)63-54(43)46)36-15-5-2-6-16-36)38-31-32-44-48(33-38)61-47-24-11-19-40(51(44)47)41-20-12-26-50-52(41)45-17-7-8-25-49(45)62-50/h1-33H/i11D,19D,24D,31D,32D,33D. The fraction of sp³-hybridized carbons (Fsp3) is 0. The Hall–Kier alpha value is -7.77. The molecule has 0 fully saturated rings. The zero-order chi connectivity index (χ0) is 46.7. The fourth-order valence-electron chi connectivity index (χ4n) is 8.77. The first kappa shape index (κ1) is 30.3. The number of furan rings is 1. The number of aromatic nitrogens is 3. The van der Waals surface area contributed by atoms with Gasteiger partial charge in [0, 0.05) is 67.8 Å². The van der Waals surface area contributed by atoms with E-state index in [4.69, 9.17) is 22.1 Å². The van der Waals surface area contributed by atoms with Gasteiger partial charge in [-0.05, 0) is 69.7 Å². The van der Waals surface area contributed by atoms with Gasteiger partial charge in [-0.25, -0.2) is 15.0 Å². The van der Waals surface area contributed by atoms with Crippen molar-refractivity contribution < 1.29 is 12.6 Å². The van der Waals surface area contributed by atoms with Crippen LogP contribution in [0.5, 0.6) is 0 Å². The summed E-state index contributed by atoms with van der Waals surface area (Å²) in [6, 6.07) is 52.8. The summed E-state index contributed by atoms with van der Waals surface area (Å²) in [6.45, 7) is 0. The minimum absolute atomic E-state index is 0.0132. The van der Waals surface area contributed by atoms with Crippen LogP contribution < -0.4 is 0 Å². The number of benzene rings is 9. The average molecular weight is 846 g/mol. The maximum Gasteiger partial charge on any atom is 0.165 e. The van der Waals surface area contributed by atoms with Crippen molar-refractivity contribution in [3.63, 3.8) is 0 Å². The molecule has 0 aliphatic carbocycles. The lowest BCUT2D eigenvalue weighted by atomic mass is 9.95. The minimum Gasteiger partial charge on any atom is -0.456 e. The van der Waals surface area contributed by atoms with Gasteiger partial charge in [0.05, 0.1) is 8.22 Å². The molecule has 0 N–H and O–H groups in total. The first-order valence-corrected chi connectivity index (χ1v) is 22.2. The highest BCUT2D eigenvalue weighted by atomic mass is 32.1. The Kier molecular flexibility index (Phi) is 6.93. The average Bonchev–Trinajstić information content (AvgIpc) is 4.11. The summed E-state index contributed by atoms with van der Waals surface area (Å²) in [7, 11) is 0. The smallest absolute Gasteiger partial charge is 0.165 e. The van der Waals surface area contributed by atoms with Crippen LogP contribution in [0.25, 0.3) is 130 Å². The molecule has 6 heteroatoms. The van der Waals surface area contributed by atoms with E-state index >= 15 is 0 Å². The molecular weight excluding hydrogens is 807 g/mol. The highest BCUT2D eigenvalue weighted by Gasteiger charge is 2.21. The summed E-state index contributed by atoms with van der Waals surface area (Å²) < 4.78 is 67.3. The molecule has 4 aromatic heterocycles. The second-order valence-electron chi connectivity index (χ2n) is 15.4. The molecule has 9 aromatic carbocycles. The van der Waals surface area contributed by atoms with Gasteiger partial charge in [-0.3, -0.25) is 0 Å². The first-order chi connectivity index (χ1) is 33.7. The van der Waals surface area contributed by atoms with E-state index < -0.39 is 0 Å². The van der Waals surface area contributed by atoms with E-state index in [-0.39, 0.29) is 69.6 Å². The Morgan fingerprint density at radius 2 is 0.968 bits per heavy atom. The molecule has 0 spiro atoms. The van der Waals surface area contributed by atoms with Gasteiger partial charge in [0.25, 0.3) is 0 Å². The van der Waals surface area contributed by atoms with Crippen molar-refractivity contribution in [1.82, 2.24) is 15.0 Å². The summed E-state index contributed by atoms with van der Waals surface area (Å²) >= 11 is 3.28. The molecule has 0 saturated carbocycles. The Bertz CT molecular complexity index is 4270. The molecular formula is C57H33N3OS2. The van der Waals surface area contributed by atoms with Crippen molar-refractivity contribution >= 4 is 85.0 Å². The van der Waals surface area contributed by atoms with Crippen molar-refractivity contribution in [3.05, 3.63) is 200 Å². The number of nitrogens with zero attached hydrogens (tertiary/aromatic N) is 3. The number of hydrogen-bond acceptors (Lipinski definition) is 6. The van der Waals surface area contributed by atoms with Gasteiger partial charge >= 0.3 is 0 Å². The molecule has 63 heavy (non-hydrogen) atoms. The van der Waals surface area contributed by atoms with E-state index in [1.165, 1.54) is 0 Å². The van der Waals surface area contributed by atoms with Gasteiger partial charge in [-0.1, -0.05) is 164 Å². The minimum atomic E-state index is -0.339. The monoisotopic (exact) mass is 845 g/mol. The predicted octanol–water partition coefficient (Wildman–Crippen LogP) is 16.5. The van der Waals surface area contributed by atoms with Crippen LogP contribution in [-0.4, -0.2) is 15.0 Å². The zero-order valence-electron chi connectivity index (χ0n) is 39.2. The summed E-state index contributed by atoms with van der Waals surface area (Å²) in [5.41, 5.74) is 6.57. The van der Waals surface area contributed by atoms with E-state index in [0.29, 0.717) is 28.3 Å². The molecule has 294 valence electrons. The lowest BCUT2D eigenvalue weighted by Crippen LogP contribution is -2.00. The molecule has 0 aliphatic heterocycles. The van der Waals surface area contributed by atoms with Crippen LogP contribution in [0.2, 0.25) is 0 Å². The van der Waals surface area contributed by atoms with Crippen LogP contribution in [0.4, 0.5) is 0 Å². The number of thiophene rings is 2. The Labute approximate surface area is 378 Å². The molecule has 0 aliphatic rings. The second-order valence-corrected chi connectivity index (χ2v) is 17.5. The second kappa shape index (κ2) is 14.4. The fourth-order valence-corrected chi connectivity index (χ4v) is 11.2. The quantitative estimate of drug-likeness (QED) is 0.167. The van der Waals surface area contributed by atoms with Crippen LogP contribution >= 0.6 is 22.7 Å². The van der Waals surface area contributed by atoms with Crippen LogP contribution in [0, 0.1) is 0 Å². The Balaban J connectivity index is 1.06. The number of rotatable bonds is 6. The molecule has 0 amide bonds. The van der Waals surface area contributed by atoms with Crippen molar-refractivity contribution in [2.75, 3.05) is 0 Å². The highest BCUT2D eigenvalue weighted by molar-refractivity contribution is 7.27. The lowest BCUT2D eigenvalue weighted by Gasteiger charge is -2.10. The largest absolute Gasteiger partial charge is 0.456 e. The van der Waals surface area contributed by atoms with Gasteiger partial charge in [-0.2, -0.15) is 0 Å². The molecule has 4 heterocycles. The van der Waals surface area contributed by atoms with Gasteiger partial charge in [0.1, 0.15) is 11.2 Å². The maximum absolute atomic E-state index is 9.85. The van der Waals surface area contributed by atoms with Crippen LogP contribution in [0.1, 0.15) is 8.22 Å². The third-order valence-corrected chi connectivity index (χ3v) is 14.1. The van der Waals surface area contributed by atoms with Crippen LogP contribution in [0.15, 0.2) is 204 Å². The van der Waals surface area contributed by atoms with Gasteiger partial charge in [0.2, 0.25) is 0 Å². The first-order valence-electron chi connectivity index (χ1n) is 23.5. The Morgan fingerprint density at radius 1 is 0.365 bits per heavy atom. The van der Waals surface area contributed by atoms with Crippen molar-refractivity contribution in [2.45, 2.75) is 0 Å². The van der Waals surface area contributed by atoms with Crippen molar-refractivity contribution in [3.8, 4) is 67.5 Å². The molecule has 0 atom stereocenters. The number of fused-ring (bicyclic) bond motifs is 9. The van der Waals surface area contributed by atoms with Crippen molar-refractivity contribution in [2.24, 2.45) is 0 Å². The molecule has 13 aromatic rings. The van der Waals surface area contributed by atoms with Gasteiger partial charge in [-0.15, -0.1) is 22.7 Å². The molecule has 0 saturated heterocycles. The third-order valence-electron chi connectivity index (χ3n) is 11.7. The maximum atomic E-state index is 9.85. The van der Waals surface area contributed by atoms with E-state index in [1.807, 2.05) is 127 Å². The predicted molar refractivity (Wildman–Crippen MR) is 265 cm³/mol. The highest BCUT2D eigenvalue weighted by Crippen LogP contribution is 2.46. The summed E-state index contributed by atoms with van der Waals surface area (Å²) in [5, 5.41) is 4.36.